The van der Waals surface area contributed by atoms with Gasteiger partial charge in [0.1, 0.15) is 5.82 Å². The van der Waals surface area contributed by atoms with Crippen LogP contribution in [0.25, 0.3) is 0 Å². The Morgan fingerprint density at radius 1 is 1.11 bits per heavy atom. The average molecular weight is 259 g/mol. The van der Waals surface area contributed by atoms with E-state index in [0.29, 0.717) is 5.56 Å². The summed E-state index contributed by atoms with van der Waals surface area (Å²) in [6.45, 7) is 4.63. The molecule has 2 aromatic rings. The molecule has 0 unspecified atom stereocenters. The second-order valence-corrected chi connectivity index (χ2v) is 4.56. The van der Waals surface area contributed by atoms with Crippen LogP contribution in [0.3, 0.4) is 0 Å². The molecule has 1 N–H and O–H groups in total. The second-order valence-electron chi connectivity index (χ2n) is 4.56. The van der Waals surface area contributed by atoms with Crippen molar-refractivity contribution in [2.24, 2.45) is 0 Å². The topological polar surface area (TPSA) is 23.5 Å². The van der Waals surface area contributed by atoms with Gasteiger partial charge in [-0.2, -0.15) is 0 Å². The number of halogens is 1. The SMILES string of the molecule is CCN(c1cccc(C)c1)c1cc(F)cc(CO)c1. The smallest absolute Gasteiger partial charge is 0.125 e. The molecule has 0 saturated carbocycles. The largest absolute Gasteiger partial charge is 0.392 e. The van der Waals surface area contributed by atoms with E-state index in [1.807, 2.05) is 43.0 Å². The van der Waals surface area contributed by atoms with Crippen molar-refractivity contribution in [1.82, 2.24) is 0 Å². The summed E-state index contributed by atoms with van der Waals surface area (Å²) in [5, 5.41) is 9.17. The van der Waals surface area contributed by atoms with Gasteiger partial charge in [0.2, 0.25) is 0 Å². The zero-order valence-corrected chi connectivity index (χ0v) is 11.2. The van der Waals surface area contributed by atoms with Gasteiger partial charge in [-0.05, 0) is 55.3 Å². The lowest BCUT2D eigenvalue weighted by Gasteiger charge is -2.24. The number of anilines is 2. The van der Waals surface area contributed by atoms with Gasteiger partial charge in [-0.15, -0.1) is 0 Å². The maximum Gasteiger partial charge on any atom is 0.125 e. The quantitative estimate of drug-likeness (QED) is 0.903. The summed E-state index contributed by atoms with van der Waals surface area (Å²) in [4.78, 5) is 2.02. The number of aliphatic hydroxyl groups excluding tert-OH is 1. The van der Waals surface area contributed by atoms with Crippen molar-refractivity contribution in [2.75, 3.05) is 11.4 Å². The fourth-order valence-corrected chi connectivity index (χ4v) is 2.19. The minimum Gasteiger partial charge on any atom is -0.392 e. The van der Waals surface area contributed by atoms with Crippen LogP contribution in [0.4, 0.5) is 15.8 Å². The van der Waals surface area contributed by atoms with Crippen LogP contribution in [-0.4, -0.2) is 11.7 Å². The van der Waals surface area contributed by atoms with Crippen molar-refractivity contribution in [3.05, 3.63) is 59.4 Å². The van der Waals surface area contributed by atoms with Gasteiger partial charge < -0.3 is 10.0 Å². The van der Waals surface area contributed by atoms with Gasteiger partial charge in [0.05, 0.1) is 6.61 Å². The molecule has 2 rings (SSSR count). The third-order valence-corrected chi connectivity index (χ3v) is 3.07. The third kappa shape index (κ3) is 3.12. The van der Waals surface area contributed by atoms with Crippen LogP contribution in [-0.2, 0) is 6.61 Å². The molecule has 100 valence electrons. The molecule has 0 spiro atoms. The lowest BCUT2D eigenvalue weighted by molar-refractivity contribution is 0.281. The Balaban J connectivity index is 2.44. The summed E-state index contributed by atoms with van der Waals surface area (Å²) in [5.41, 5.74) is 3.53. The highest BCUT2D eigenvalue weighted by molar-refractivity contribution is 5.64. The minimum absolute atomic E-state index is 0.157. The highest BCUT2D eigenvalue weighted by Crippen LogP contribution is 2.27. The van der Waals surface area contributed by atoms with E-state index in [-0.39, 0.29) is 12.4 Å². The van der Waals surface area contributed by atoms with Crippen LogP contribution in [0.15, 0.2) is 42.5 Å². The molecule has 0 aliphatic rings. The van der Waals surface area contributed by atoms with E-state index < -0.39 is 0 Å². The Hall–Kier alpha value is -1.87. The lowest BCUT2D eigenvalue weighted by atomic mass is 10.1. The van der Waals surface area contributed by atoms with Crippen molar-refractivity contribution in [2.45, 2.75) is 20.5 Å². The Bertz CT molecular complexity index is 568. The summed E-state index contributed by atoms with van der Waals surface area (Å²) in [5.74, 6) is -0.326. The van der Waals surface area contributed by atoms with Crippen LogP contribution < -0.4 is 4.90 Å². The normalized spacial score (nSPS) is 10.5. The van der Waals surface area contributed by atoms with Gasteiger partial charge in [0, 0.05) is 17.9 Å². The number of aryl methyl sites for hydroxylation is 1. The monoisotopic (exact) mass is 259 g/mol. The molecule has 3 heteroatoms. The lowest BCUT2D eigenvalue weighted by Crippen LogP contribution is -2.16. The molecule has 0 saturated heterocycles. The molecule has 19 heavy (non-hydrogen) atoms. The summed E-state index contributed by atoms with van der Waals surface area (Å²) in [6, 6.07) is 12.7. The summed E-state index contributed by atoms with van der Waals surface area (Å²) >= 11 is 0. The summed E-state index contributed by atoms with van der Waals surface area (Å²) < 4.78 is 13.6. The van der Waals surface area contributed by atoms with Crippen molar-refractivity contribution in [1.29, 1.82) is 0 Å². The van der Waals surface area contributed by atoms with Crippen LogP contribution in [0.2, 0.25) is 0 Å². The fraction of sp³-hybridized carbons (Fsp3) is 0.250. The third-order valence-electron chi connectivity index (χ3n) is 3.07. The van der Waals surface area contributed by atoms with E-state index in [4.69, 9.17) is 0 Å². The first kappa shape index (κ1) is 13.6. The molecule has 0 aliphatic heterocycles. The number of hydrogen-bond donors (Lipinski definition) is 1. The number of aliphatic hydroxyl groups is 1. The predicted molar refractivity (Wildman–Crippen MR) is 76.2 cm³/mol. The maximum atomic E-state index is 13.6. The molecular formula is C16H18FNO. The van der Waals surface area contributed by atoms with E-state index in [9.17, 15) is 9.50 Å². The Morgan fingerprint density at radius 2 is 1.89 bits per heavy atom. The molecule has 0 bridgehead atoms. The van der Waals surface area contributed by atoms with Gasteiger partial charge >= 0.3 is 0 Å². The van der Waals surface area contributed by atoms with E-state index in [1.54, 1.807) is 0 Å². The van der Waals surface area contributed by atoms with Crippen LogP contribution in [0, 0.1) is 12.7 Å². The number of nitrogens with zero attached hydrogens (tertiary/aromatic N) is 1. The Kier molecular flexibility index (Phi) is 4.17. The molecule has 2 aromatic carbocycles. The van der Waals surface area contributed by atoms with Crippen LogP contribution >= 0.6 is 0 Å². The van der Waals surface area contributed by atoms with Gasteiger partial charge in [-0.25, -0.2) is 4.39 Å². The van der Waals surface area contributed by atoms with Gasteiger partial charge in [0.25, 0.3) is 0 Å². The predicted octanol–water partition coefficient (Wildman–Crippen LogP) is 3.78. The molecular weight excluding hydrogens is 241 g/mol. The molecule has 0 radical (unpaired) electrons. The zero-order chi connectivity index (χ0) is 13.8. The van der Waals surface area contributed by atoms with E-state index in [2.05, 4.69) is 6.07 Å². The highest BCUT2D eigenvalue weighted by atomic mass is 19.1. The van der Waals surface area contributed by atoms with Crippen molar-refractivity contribution < 1.29 is 9.50 Å². The van der Waals surface area contributed by atoms with E-state index in [0.717, 1.165) is 23.5 Å². The first-order valence-corrected chi connectivity index (χ1v) is 6.38. The van der Waals surface area contributed by atoms with Crippen molar-refractivity contribution >= 4 is 11.4 Å². The van der Waals surface area contributed by atoms with E-state index in [1.165, 1.54) is 12.1 Å². The number of hydrogen-bond acceptors (Lipinski definition) is 2. The average Bonchev–Trinajstić information content (AvgIpc) is 2.39. The summed E-state index contributed by atoms with van der Waals surface area (Å²) in [6.07, 6.45) is 0. The van der Waals surface area contributed by atoms with Crippen molar-refractivity contribution in [3.63, 3.8) is 0 Å². The second kappa shape index (κ2) is 5.85. The molecule has 0 heterocycles. The number of benzene rings is 2. The van der Waals surface area contributed by atoms with Gasteiger partial charge in [0.15, 0.2) is 0 Å². The van der Waals surface area contributed by atoms with E-state index >= 15 is 0 Å². The van der Waals surface area contributed by atoms with Crippen LogP contribution in [0.1, 0.15) is 18.1 Å². The molecule has 0 atom stereocenters. The van der Waals surface area contributed by atoms with Crippen LogP contribution in [0.5, 0.6) is 0 Å². The maximum absolute atomic E-state index is 13.6. The fourth-order valence-electron chi connectivity index (χ4n) is 2.19. The summed E-state index contributed by atoms with van der Waals surface area (Å²) in [7, 11) is 0. The highest BCUT2D eigenvalue weighted by Gasteiger charge is 2.09. The Labute approximate surface area is 113 Å². The zero-order valence-electron chi connectivity index (χ0n) is 11.2. The Morgan fingerprint density at radius 3 is 2.53 bits per heavy atom. The number of rotatable bonds is 4. The molecule has 0 fully saturated rings. The molecule has 0 aliphatic carbocycles. The van der Waals surface area contributed by atoms with Gasteiger partial charge in [-0.1, -0.05) is 12.1 Å². The standard InChI is InChI=1S/C16H18FNO/c1-3-18(15-6-4-5-12(2)7-15)16-9-13(11-19)8-14(17)10-16/h4-10,19H,3,11H2,1-2H3. The minimum atomic E-state index is -0.326. The molecule has 0 aromatic heterocycles. The molecule has 2 nitrogen and oxygen atoms in total. The first-order valence-electron chi connectivity index (χ1n) is 6.38. The first-order chi connectivity index (χ1) is 9.13. The van der Waals surface area contributed by atoms with Gasteiger partial charge in [-0.3, -0.25) is 0 Å². The molecule has 0 amide bonds. The van der Waals surface area contributed by atoms with Crippen molar-refractivity contribution in [3.8, 4) is 0 Å².